The Hall–Kier alpha value is -2.76. The smallest absolute Gasteiger partial charge is 0.289 e. The first kappa shape index (κ1) is 18.0. The third-order valence-corrected chi connectivity index (χ3v) is 4.86. The molecule has 2 amide bonds. The van der Waals surface area contributed by atoms with Gasteiger partial charge in [0.2, 0.25) is 0 Å². The zero-order valence-corrected chi connectivity index (χ0v) is 15.4. The number of likely N-dealkylation sites (tertiary alicyclic amines) is 1. The van der Waals surface area contributed by atoms with Crippen molar-refractivity contribution in [3.05, 3.63) is 53.0 Å². The lowest BCUT2D eigenvalue weighted by molar-refractivity contribution is 0.0627. The van der Waals surface area contributed by atoms with E-state index in [2.05, 4.69) is 0 Å². The molecule has 2 heterocycles. The van der Waals surface area contributed by atoms with E-state index in [0.29, 0.717) is 35.7 Å². The number of aryl methyl sites for hydroxylation is 2. The van der Waals surface area contributed by atoms with E-state index in [1.807, 2.05) is 6.92 Å². The molecule has 1 saturated heterocycles. The highest BCUT2D eigenvalue weighted by Gasteiger charge is 2.32. The molecule has 0 radical (unpaired) electrons. The maximum atomic E-state index is 12.7. The van der Waals surface area contributed by atoms with E-state index in [1.165, 1.54) is 6.07 Å². The second-order valence-corrected chi connectivity index (χ2v) is 6.89. The lowest BCUT2D eigenvalue weighted by atomic mass is 10.1. The van der Waals surface area contributed by atoms with Crippen LogP contribution in [0.3, 0.4) is 0 Å². The van der Waals surface area contributed by atoms with Crippen molar-refractivity contribution >= 4 is 11.8 Å². The molecular weight excluding hydrogens is 332 g/mol. The van der Waals surface area contributed by atoms with Crippen molar-refractivity contribution in [3.63, 3.8) is 0 Å². The summed E-state index contributed by atoms with van der Waals surface area (Å²) in [5, 5.41) is 9.62. The van der Waals surface area contributed by atoms with Crippen LogP contribution < -0.4 is 0 Å². The van der Waals surface area contributed by atoms with Gasteiger partial charge in [0, 0.05) is 31.7 Å². The van der Waals surface area contributed by atoms with Crippen LogP contribution in [0.4, 0.5) is 0 Å². The molecule has 6 heteroatoms. The van der Waals surface area contributed by atoms with Gasteiger partial charge in [-0.15, -0.1) is 0 Å². The predicted octanol–water partition coefficient (Wildman–Crippen LogP) is 2.98. The molecule has 1 N–H and O–H groups in total. The summed E-state index contributed by atoms with van der Waals surface area (Å²) >= 11 is 0. The molecule has 1 aromatic heterocycles. The van der Waals surface area contributed by atoms with Crippen LogP contribution in [0.1, 0.15) is 45.1 Å². The van der Waals surface area contributed by atoms with Gasteiger partial charge in [-0.1, -0.05) is 0 Å². The normalized spacial score (nSPS) is 16.7. The lowest BCUT2D eigenvalue weighted by Crippen LogP contribution is -2.43. The zero-order valence-electron chi connectivity index (χ0n) is 15.4. The molecule has 2 aromatic rings. The van der Waals surface area contributed by atoms with Crippen molar-refractivity contribution in [3.8, 4) is 5.75 Å². The number of likely N-dealkylation sites (N-methyl/N-ethyl adjacent to an activating group) is 1. The number of phenols is 1. The van der Waals surface area contributed by atoms with Crippen LogP contribution in [0.15, 0.2) is 34.7 Å². The van der Waals surface area contributed by atoms with Crippen molar-refractivity contribution in [2.45, 2.75) is 32.7 Å². The average Bonchev–Trinajstić information content (AvgIpc) is 3.25. The van der Waals surface area contributed by atoms with Gasteiger partial charge >= 0.3 is 0 Å². The van der Waals surface area contributed by atoms with E-state index in [4.69, 9.17) is 4.42 Å². The third kappa shape index (κ3) is 3.59. The topological polar surface area (TPSA) is 74.0 Å². The number of amides is 2. The summed E-state index contributed by atoms with van der Waals surface area (Å²) in [6, 6.07) is 8.27. The summed E-state index contributed by atoms with van der Waals surface area (Å²) in [4.78, 5) is 28.8. The van der Waals surface area contributed by atoms with Gasteiger partial charge in [0.25, 0.3) is 11.8 Å². The van der Waals surface area contributed by atoms with Gasteiger partial charge in [0.1, 0.15) is 11.5 Å². The predicted molar refractivity (Wildman–Crippen MR) is 97.3 cm³/mol. The fourth-order valence-corrected chi connectivity index (χ4v) is 3.39. The van der Waals surface area contributed by atoms with Gasteiger partial charge < -0.3 is 19.3 Å². The number of hydrogen-bond donors (Lipinski definition) is 1. The van der Waals surface area contributed by atoms with Crippen molar-refractivity contribution in [1.82, 2.24) is 9.80 Å². The standard InChI is InChI=1S/C20H24N2O4/c1-13-11-15(7-8-17(13)23)19(24)21(3)12-16-5-4-10-22(16)20(25)18-9-6-14(2)26-18/h6-9,11,16,23H,4-5,10,12H2,1-3H3. The van der Waals surface area contributed by atoms with Crippen LogP contribution in [0.5, 0.6) is 5.75 Å². The highest BCUT2D eigenvalue weighted by atomic mass is 16.3. The number of aromatic hydroxyl groups is 1. The van der Waals surface area contributed by atoms with Gasteiger partial charge in [-0.3, -0.25) is 9.59 Å². The number of carbonyl (C=O) groups excluding carboxylic acids is 2. The Morgan fingerprint density at radius 3 is 2.69 bits per heavy atom. The summed E-state index contributed by atoms with van der Waals surface area (Å²) in [5.41, 5.74) is 1.19. The molecule has 0 saturated carbocycles. The molecule has 26 heavy (non-hydrogen) atoms. The highest BCUT2D eigenvalue weighted by Crippen LogP contribution is 2.23. The van der Waals surface area contributed by atoms with Crippen molar-refractivity contribution < 1.29 is 19.1 Å². The number of hydrogen-bond acceptors (Lipinski definition) is 4. The fraction of sp³-hybridized carbons (Fsp3) is 0.400. The summed E-state index contributed by atoms with van der Waals surface area (Å²) in [6.45, 7) is 4.70. The first-order valence-electron chi connectivity index (χ1n) is 8.79. The van der Waals surface area contributed by atoms with Crippen molar-refractivity contribution in [2.24, 2.45) is 0 Å². The van der Waals surface area contributed by atoms with E-state index < -0.39 is 0 Å². The molecule has 0 aliphatic carbocycles. The van der Waals surface area contributed by atoms with Crippen LogP contribution >= 0.6 is 0 Å². The Morgan fingerprint density at radius 1 is 1.27 bits per heavy atom. The Balaban J connectivity index is 1.69. The van der Waals surface area contributed by atoms with Gasteiger partial charge in [0.15, 0.2) is 5.76 Å². The number of rotatable bonds is 4. The average molecular weight is 356 g/mol. The Bertz CT molecular complexity index is 827. The minimum Gasteiger partial charge on any atom is -0.508 e. The number of furan rings is 1. The Morgan fingerprint density at radius 2 is 2.04 bits per heavy atom. The van der Waals surface area contributed by atoms with E-state index in [-0.39, 0.29) is 23.6 Å². The van der Waals surface area contributed by atoms with Crippen LogP contribution in [0, 0.1) is 13.8 Å². The molecule has 1 atom stereocenters. The lowest BCUT2D eigenvalue weighted by Gasteiger charge is -2.28. The summed E-state index contributed by atoms with van der Waals surface area (Å²) in [7, 11) is 1.74. The Labute approximate surface area is 153 Å². The minimum absolute atomic E-state index is 0.0277. The van der Waals surface area contributed by atoms with E-state index in [9.17, 15) is 14.7 Å². The summed E-state index contributed by atoms with van der Waals surface area (Å²) < 4.78 is 5.46. The number of benzene rings is 1. The van der Waals surface area contributed by atoms with Gasteiger partial charge in [0.05, 0.1) is 0 Å². The molecule has 138 valence electrons. The summed E-state index contributed by atoms with van der Waals surface area (Å²) in [6.07, 6.45) is 1.77. The number of phenolic OH excluding ortho intramolecular Hbond substituents is 1. The van der Waals surface area contributed by atoms with Gasteiger partial charge in [-0.2, -0.15) is 0 Å². The van der Waals surface area contributed by atoms with Crippen LogP contribution in [-0.4, -0.2) is 52.9 Å². The zero-order chi connectivity index (χ0) is 18.8. The molecule has 1 aliphatic rings. The van der Waals surface area contributed by atoms with Crippen molar-refractivity contribution in [2.75, 3.05) is 20.1 Å². The number of carbonyl (C=O) groups is 2. The summed E-state index contributed by atoms with van der Waals surface area (Å²) in [5.74, 6) is 0.977. The SMILES string of the molecule is Cc1ccc(C(=O)N2CCCC2CN(C)C(=O)c2ccc(O)c(C)c2)o1. The molecule has 0 spiro atoms. The number of nitrogens with zero attached hydrogens (tertiary/aromatic N) is 2. The molecule has 1 aliphatic heterocycles. The fourth-order valence-electron chi connectivity index (χ4n) is 3.39. The van der Waals surface area contributed by atoms with E-state index >= 15 is 0 Å². The monoisotopic (exact) mass is 356 g/mol. The molecule has 1 aromatic carbocycles. The maximum Gasteiger partial charge on any atom is 0.289 e. The first-order valence-corrected chi connectivity index (χ1v) is 8.79. The maximum absolute atomic E-state index is 12.7. The molecule has 6 nitrogen and oxygen atoms in total. The van der Waals surface area contributed by atoms with Crippen molar-refractivity contribution in [1.29, 1.82) is 0 Å². The molecule has 3 rings (SSSR count). The second-order valence-electron chi connectivity index (χ2n) is 6.89. The van der Waals surface area contributed by atoms with E-state index in [1.54, 1.807) is 48.0 Å². The molecule has 0 bridgehead atoms. The molecule has 1 fully saturated rings. The minimum atomic E-state index is -0.124. The van der Waals surface area contributed by atoms with Crippen LogP contribution in [0.2, 0.25) is 0 Å². The first-order chi connectivity index (χ1) is 12.4. The van der Waals surface area contributed by atoms with Gasteiger partial charge in [-0.05, 0) is 62.6 Å². The Kier molecular flexibility index (Phi) is 5.02. The molecule has 1 unspecified atom stereocenters. The quantitative estimate of drug-likeness (QED) is 0.914. The highest BCUT2D eigenvalue weighted by molar-refractivity contribution is 5.95. The second kappa shape index (κ2) is 7.23. The van der Waals surface area contributed by atoms with Gasteiger partial charge in [-0.25, -0.2) is 0 Å². The largest absolute Gasteiger partial charge is 0.508 e. The third-order valence-electron chi connectivity index (χ3n) is 4.86. The van der Waals surface area contributed by atoms with E-state index in [0.717, 1.165) is 12.8 Å². The van der Waals surface area contributed by atoms with Crippen LogP contribution in [0.25, 0.3) is 0 Å². The van der Waals surface area contributed by atoms with Crippen LogP contribution in [-0.2, 0) is 0 Å². The molecular formula is C20H24N2O4.